The fourth-order valence-electron chi connectivity index (χ4n) is 1.81. The first-order chi connectivity index (χ1) is 9.97. The molecule has 112 valence electrons. The van der Waals surface area contributed by atoms with Gasteiger partial charge in [0.2, 0.25) is 0 Å². The van der Waals surface area contributed by atoms with Crippen molar-refractivity contribution < 1.29 is 14.3 Å². The quantitative estimate of drug-likeness (QED) is 0.859. The third-order valence-electron chi connectivity index (χ3n) is 2.77. The molecule has 5 nitrogen and oxygen atoms in total. The Kier molecular flexibility index (Phi) is 5.08. The van der Waals surface area contributed by atoms with Crippen LogP contribution in [0.3, 0.4) is 0 Å². The van der Waals surface area contributed by atoms with Gasteiger partial charge in [-0.15, -0.1) is 22.7 Å². The number of hydrogen-bond acceptors (Lipinski definition) is 6. The lowest BCUT2D eigenvalue weighted by Gasteiger charge is -2.12. The summed E-state index contributed by atoms with van der Waals surface area (Å²) in [6, 6.07) is 3.78. The number of thiophene rings is 1. The Morgan fingerprint density at radius 3 is 2.76 bits per heavy atom. The highest BCUT2D eigenvalue weighted by Crippen LogP contribution is 2.19. The van der Waals surface area contributed by atoms with Gasteiger partial charge in [-0.25, -0.2) is 9.78 Å². The van der Waals surface area contributed by atoms with Gasteiger partial charge in [-0.05, 0) is 32.2 Å². The molecule has 2 aromatic heterocycles. The van der Waals surface area contributed by atoms with Gasteiger partial charge in [0, 0.05) is 4.88 Å². The second-order valence-electron chi connectivity index (χ2n) is 4.53. The second kappa shape index (κ2) is 6.82. The molecule has 0 aliphatic carbocycles. The molecule has 2 aromatic rings. The first-order valence-corrected chi connectivity index (χ1v) is 8.11. The van der Waals surface area contributed by atoms with Crippen molar-refractivity contribution in [3.05, 3.63) is 38.0 Å². The minimum atomic E-state index is -0.503. The summed E-state index contributed by atoms with van der Waals surface area (Å²) in [4.78, 5) is 29.3. The first kappa shape index (κ1) is 15.7. The van der Waals surface area contributed by atoms with Crippen LogP contribution in [-0.4, -0.2) is 23.5 Å². The highest BCUT2D eigenvalue weighted by Gasteiger charge is 2.17. The van der Waals surface area contributed by atoms with Gasteiger partial charge < -0.3 is 10.1 Å². The van der Waals surface area contributed by atoms with E-state index >= 15 is 0 Å². The minimum Gasteiger partial charge on any atom is -0.451 e. The summed E-state index contributed by atoms with van der Waals surface area (Å²) in [5.41, 5.74) is 0.634. The number of rotatable bonds is 5. The fraction of sp³-hybridized carbons (Fsp3) is 0.357. The summed E-state index contributed by atoms with van der Waals surface area (Å²) in [7, 11) is 0. The molecule has 1 atom stereocenters. The van der Waals surface area contributed by atoms with Crippen molar-refractivity contribution in [3.8, 4) is 0 Å². The van der Waals surface area contributed by atoms with E-state index < -0.39 is 5.97 Å². The van der Waals surface area contributed by atoms with E-state index in [1.165, 1.54) is 11.3 Å². The topological polar surface area (TPSA) is 68.3 Å². The van der Waals surface area contributed by atoms with Crippen LogP contribution >= 0.6 is 22.7 Å². The van der Waals surface area contributed by atoms with Gasteiger partial charge in [0.05, 0.1) is 16.7 Å². The zero-order valence-electron chi connectivity index (χ0n) is 12.0. The lowest BCUT2D eigenvalue weighted by Crippen LogP contribution is -2.30. The van der Waals surface area contributed by atoms with Crippen LogP contribution in [0.2, 0.25) is 0 Å². The number of thiazole rings is 1. The lowest BCUT2D eigenvalue weighted by molar-refractivity contribution is -0.124. The first-order valence-electron chi connectivity index (χ1n) is 6.41. The molecule has 0 bridgehead atoms. The maximum Gasteiger partial charge on any atom is 0.350 e. The van der Waals surface area contributed by atoms with Crippen LogP contribution in [0.5, 0.6) is 0 Å². The molecule has 1 N–H and O–H groups in total. The van der Waals surface area contributed by atoms with Crippen molar-refractivity contribution in [2.45, 2.75) is 26.8 Å². The van der Waals surface area contributed by atoms with Gasteiger partial charge in [0.25, 0.3) is 5.91 Å². The van der Waals surface area contributed by atoms with Gasteiger partial charge in [0.1, 0.15) is 4.88 Å². The molecule has 0 fully saturated rings. The molecular formula is C14H16N2O3S2. The number of ether oxygens (including phenoxy) is 1. The number of nitrogens with zero attached hydrogens (tertiary/aromatic N) is 1. The molecule has 21 heavy (non-hydrogen) atoms. The zero-order chi connectivity index (χ0) is 15.4. The summed E-state index contributed by atoms with van der Waals surface area (Å²) in [5.74, 6) is -0.819. The van der Waals surface area contributed by atoms with Gasteiger partial charge in [-0.2, -0.15) is 0 Å². The van der Waals surface area contributed by atoms with Gasteiger partial charge in [-0.3, -0.25) is 4.79 Å². The monoisotopic (exact) mass is 324 g/mol. The van der Waals surface area contributed by atoms with Crippen LogP contribution in [0.25, 0.3) is 0 Å². The van der Waals surface area contributed by atoms with E-state index in [0.29, 0.717) is 10.6 Å². The number of esters is 1. The van der Waals surface area contributed by atoms with Crippen LogP contribution in [0.15, 0.2) is 17.5 Å². The Labute approximate surface area is 131 Å². The molecule has 0 aromatic carbocycles. The summed E-state index contributed by atoms with van der Waals surface area (Å²) < 4.78 is 5.03. The summed E-state index contributed by atoms with van der Waals surface area (Å²) in [6.45, 7) is 5.18. The van der Waals surface area contributed by atoms with E-state index in [4.69, 9.17) is 4.74 Å². The average molecular weight is 324 g/mol. The summed E-state index contributed by atoms with van der Waals surface area (Å²) >= 11 is 2.84. The summed E-state index contributed by atoms with van der Waals surface area (Å²) in [5, 5.41) is 5.54. The smallest absolute Gasteiger partial charge is 0.350 e. The maximum atomic E-state index is 11.9. The predicted octanol–water partition coefficient (Wildman–Crippen LogP) is 2.86. The van der Waals surface area contributed by atoms with Crippen LogP contribution in [0.1, 0.15) is 38.2 Å². The van der Waals surface area contributed by atoms with Crippen LogP contribution in [0, 0.1) is 13.8 Å². The van der Waals surface area contributed by atoms with E-state index in [0.717, 1.165) is 9.88 Å². The van der Waals surface area contributed by atoms with Crippen molar-refractivity contribution >= 4 is 34.6 Å². The molecule has 0 unspecified atom stereocenters. The summed E-state index contributed by atoms with van der Waals surface area (Å²) in [6.07, 6.45) is 0. The molecule has 7 heteroatoms. The van der Waals surface area contributed by atoms with Crippen LogP contribution < -0.4 is 5.32 Å². The number of aromatic nitrogens is 1. The highest BCUT2D eigenvalue weighted by molar-refractivity contribution is 7.13. The molecule has 2 heterocycles. The number of amides is 1. The van der Waals surface area contributed by atoms with E-state index in [1.54, 1.807) is 18.3 Å². The molecule has 2 rings (SSSR count). The zero-order valence-corrected chi connectivity index (χ0v) is 13.6. The third-order valence-corrected chi connectivity index (χ3v) is 4.88. The van der Waals surface area contributed by atoms with E-state index in [-0.39, 0.29) is 18.6 Å². The van der Waals surface area contributed by atoms with Gasteiger partial charge >= 0.3 is 5.97 Å². The minimum absolute atomic E-state index is 0.0939. The number of carbonyl (C=O) groups excluding carboxylic acids is 2. The van der Waals surface area contributed by atoms with Crippen LogP contribution in [0.4, 0.5) is 0 Å². The van der Waals surface area contributed by atoms with Gasteiger partial charge in [-0.1, -0.05) is 6.07 Å². The van der Waals surface area contributed by atoms with E-state index in [9.17, 15) is 9.59 Å². The Bertz CT molecular complexity index is 635. The predicted molar refractivity (Wildman–Crippen MR) is 82.7 cm³/mol. The molecule has 0 spiro atoms. The number of hydrogen-bond donors (Lipinski definition) is 1. The molecular weight excluding hydrogens is 308 g/mol. The standard InChI is InChI=1S/C14H16N2O3S2/c1-8(11-5-4-6-20-11)16-12(17)7-19-14(18)13-9(2)15-10(3)21-13/h4-6,8H,7H2,1-3H3,(H,16,17)/t8-/m1/s1. The number of carbonyl (C=O) groups is 2. The SMILES string of the molecule is Cc1nc(C)c(C(=O)OCC(=O)N[C@H](C)c2cccs2)s1. The molecule has 0 aliphatic rings. The molecule has 0 radical (unpaired) electrons. The third kappa shape index (κ3) is 4.12. The normalized spacial score (nSPS) is 12.0. The number of nitrogens with one attached hydrogen (secondary N) is 1. The van der Waals surface area contributed by atoms with Crippen molar-refractivity contribution in [3.63, 3.8) is 0 Å². The van der Waals surface area contributed by atoms with Gasteiger partial charge in [0.15, 0.2) is 6.61 Å². The van der Waals surface area contributed by atoms with Crippen molar-refractivity contribution in [1.82, 2.24) is 10.3 Å². The molecule has 0 saturated carbocycles. The highest BCUT2D eigenvalue weighted by atomic mass is 32.1. The Hall–Kier alpha value is -1.73. The molecule has 0 aliphatic heterocycles. The van der Waals surface area contributed by atoms with E-state index in [2.05, 4.69) is 10.3 Å². The van der Waals surface area contributed by atoms with Crippen molar-refractivity contribution in [2.75, 3.05) is 6.61 Å². The molecule has 1 amide bonds. The Morgan fingerprint density at radius 2 is 2.19 bits per heavy atom. The van der Waals surface area contributed by atoms with E-state index in [1.807, 2.05) is 31.4 Å². The largest absolute Gasteiger partial charge is 0.451 e. The molecule has 0 saturated heterocycles. The fourth-order valence-corrected chi connectivity index (χ4v) is 3.36. The Balaban J connectivity index is 1.84. The van der Waals surface area contributed by atoms with Crippen LogP contribution in [-0.2, 0) is 9.53 Å². The van der Waals surface area contributed by atoms with Crippen molar-refractivity contribution in [1.29, 1.82) is 0 Å². The number of aryl methyl sites for hydroxylation is 2. The average Bonchev–Trinajstić information content (AvgIpc) is 3.05. The second-order valence-corrected chi connectivity index (χ2v) is 6.71. The Morgan fingerprint density at radius 1 is 1.43 bits per heavy atom. The maximum absolute atomic E-state index is 11.9. The lowest BCUT2D eigenvalue weighted by atomic mass is 10.3. The van der Waals surface area contributed by atoms with Crippen molar-refractivity contribution in [2.24, 2.45) is 0 Å².